The first-order valence-electron chi connectivity index (χ1n) is 10.1. The van der Waals surface area contributed by atoms with E-state index in [0.29, 0.717) is 22.9 Å². The highest BCUT2D eigenvalue weighted by molar-refractivity contribution is 7.92. The SMILES string of the molecule is Cc1ccc(S(=O)(=O)N(CC(=O)Nc2ccc3c(c2)OCO3)c2cc(C)ccc2C)cc1. The molecule has 166 valence electrons. The summed E-state index contributed by atoms with van der Waals surface area (Å²) in [4.78, 5) is 13.1. The summed E-state index contributed by atoms with van der Waals surface area (Å²) in [6, 6.07) is 17.1. The van der Waals surface area contributed by atoms with Crippen molar-refractivity contribution in [3.63, 3.8) is 0 Å². The summed E-state index contributed by atoms with van der Waals surface area (Å²) in [6.45, 7) is 5.34. The lowest BCUT2D eigenvalue weighted by Crippen LogP contribution is -2.38. The summed E-state index contributed by atoms with van der Waals surface area (Å²) < 4.78 is 38.9. The van der Waals surface area contributed by atoms with Gasteiger partial charge in [-0.05, 0) is 62.2 Å². The van der Waals surface area contributed by atoms with Crippen molar-refractivity contribution in [2.45, 2.75) is 25.7 Å². The molecule has 1 N–H and O–H groups in total. The van der Waals surface area contributed by atoms with Crippen LogP contribution in [0.5, 0.6) is 11.5 Å². The van der Waals surface area contributed by atoms with Crippen molar-refractivity contribution in [2.24, 2.45) is 0 Å². The van der Waals surface area contributed by atoms with Gasteiger partial charge in [-0.25, -0.2) is 8.42 Å². The van der Waals surface area contributed by atoms with E-state index in [4.69, 9.17) is 9.47 Å². The monoisotopic (exact) mass is 452 g/mol. The molecule has 7 nitrogen and oxygen atoms in total. The summed E-state index contributed by atoms with van der Waals surface area (Å²) in [7, 11) is -3.98. The van der Waals surface area contributed by atoms with Crippen molar-refractivity contribution >= 4 is 27.3 Å². The van der Waals surface area contributed by atoms with Crippen LogP contribution in [0.2, 0.25) is 0 Å². The Bertz CT molecular complexity index is 1270. The fourth-order valence-electron chi connectivity index (χ4n) is 3.43. The first-order valence-corrected chi connectivity index (χ1v) is 11.5. The number of anilines is 2. The normalized spacial score (nSPS) is 12.5. The number of nitrogens with zero attached hydrogens (tertiary/aromatic N) is 1. The molecule has 0 radical (unpaired) electrons. The third kappa shape index (κ3) is 4.40. The van der Waals surface area contributed by atoms with Gasteiger partial charge in [-0.15, -0.1) is 0 Å². The van der Waals surface area contributed by atoms with Crippen LogP contribution in [0.4, 0.5) is 11.4 Å². The number of nitrogens with one attached hydrogen (secondary N) is 1. The van der Waals surface area contributed by atoms with E-state index in [9.17, 15) is 13.2 Å². The van der Waals surface area contributed by atoms with E-state index in [2.05, 4.69) is 5.32 Å². The summed E-state index contributed by atoms with van der Waals surface area (Å²) in [5.41, 5.74) is 3.55. The van der Waals surface area contributed by atoms with Crippen LogP contribution in [-0.4, -0.2) is 27.7 Å². The topological polar surface area (TPSA) is 84.9 Å². The molecule has 3 aromatic carbocycles. The third-order valence-corrected chi connectivity index (χ3v) is 6.96. The highest BCUT2D eigenvalue weighted by Crippen LogP contribution is 2.34. The van der Waals surface area contributed by atoms with E-state index >= 15 is 0 Å². The molecule has 0 unspecified atom stereocenters. The number of rotatable bonds is 6. The Kier molecular flexibility index (Phi) is 5.80. The predicted octanol–water partition coefficient (Wildman–Crippen LogP) is 4.17. The number of hydrogen-bond acceptors (Lipinski definition) is 5. The molecule has 0 aromatic heterocycles. The first-order chi connectivity index (χ1) is 15.2. The van der Waals surface area contributed by atoms with Crippen molar-refractivity contribution in [1.82, 2.24) is 0 Å². The second-order valence-electron chi connectivity index (χ2n) is 7.73. The zero-order chi connectivity index (χ0) is 22.9. The summed E-state index contributed by atoms with van der Waals surface area (Å²) in [5, 5.41) is 2.76. The van der Waals surface area contributed by atoms with E-state index in [1.165, 1.54) is 0 Å². The maximum atomic E-state index is 13.6. The number of carbonyl (C=O) groups is 1. The second-order valence-corrected chi connectivity index (χ2v) is 9.59. The van der Waals surface area contributed by atoms with Gasteiger partial charge in [-0.1, -0.05) is 29.8 Å². The summed E-state index contributed by atoms with van der Waals surface area (Å²) in [5.74, 6) is 0.656. The zero-order valence-electron chi connectivity index (χ0n) is 18.1. The summed E-state index contributed by atoms with van der Waals surface area (Å²) in [6.07, 6.45) is 0. The van der Waals surface area contributed by atoms with Gasteiger partial charge in [0.15, 0.2) is 11.5 Å². The average Bonchev–Trinajstić information content (AvgIpc) is 3.22. The van der Waals surface area contributed by atoms with Gasteiger partial charge in [0.1, 0.15) is 6.54 Å². The highest BCUT2D eigenvalue weighted by atomic mass is 32.2. The lowest BCUT2D eigenvalue weighted by atomic mass is 10.1. The number of hydrogen-bond donors (Lipinski definition) is 1. The Morgan fingerprint density at radius 1 is 0.906 bits per heavy atom. The standard InChI is InChI=1S/C24H24N2O5S/c1-16-5-9-20(10-6-16)32(28,29)26(21-12-17(2)4-7-18(21)3)14-24(27)25-19-8-11-22-23(13-19)31-15-30-22/h4-13H,14-15H2,1-3H3,(H,25,27). The maximum Gasteiger partial charge on any atom is 0.264 e. The van der Waals surface area contributed by atoms with Crippen LogP contribution in [0.25, 0.3) is 0 Å². The largest absolute Gasteiger partial charge is 0.454 e. The lowest BCUT2D eigenvalue weighted by molar-refractivity contribution is -0.114. The Morgan fingerprint density at radius 3 is 2.34 bits per heavy atom. The van der Waals surface area contributed by atoms with Crippen LogP contribution in [0, 0.1) is 20.8 Å². The predicted molar refractivity (Wildman–Crippen MR) is 123 cm³/mol. The maximum absolute atomic E-state index is 13.6. The molecule has 1 aliphatic heterocycles. The number of ether oxygens (including phenoxy) is 2. The number of aryl methyl sites for hydroxylation is 3. The molecule has 0 saturated heterocycles. The summed E-state index contributed by atoms with van der Waals surface area (Å²) >= 11 is 0. The van der Waals surface area contributed by atoms with Crippen molar-refractivity contribution < 1.29 is 22.7 Å². The molecular formula is C24H24N2O5S. The van der Waals surface area contributed by atoms with Crippen LogP contribution in [0.3, 0.4) is 0 Å². The van der Waals surface area contributed by atoms with Gasteiger partial charge in [-0.2, -0.15) is 0 Å². The van der Waals surface area contributed by atoms with Gasteiger partial charge >= 0.3 is 0 Å². The fourth-order valence-corrected chi connectivity index (χ4v) is 4.91. The van der Waals surface area contributed by atoms with E-state index in [1.807, 2.05) is 32.9 Å². The van der Waals surface area contributed by atoms with Crippen LogP contribution in [0.1, 0.15) is 16.7 Å². The first kappa shape index (κ1) is 21.7. The molecule has 0 atom stereocenters. The molecular weight excluding hydrogens is 428 g/mol. The molecule has 3 aromatic rings. The van der Waals surface area contributed by atoms with Crippen LogP contribution >= 0.6 is 0 Å². The van der Waals surface area contributed by atoms with Crippen LogP contribution in [-0.2, 0) is 14.8 Å². The fraction of sp³-hybridized carbons (Fsp3) is 0.208. The zero-order valence-corrected chi connectivity index (χ0v) is 18.9. The van der Waals surface area contributed by atoms with Gasteiger partial charge in [0.2, 0.25) is 12.7 Å². The molecule has 4 rings (SSSR count). The minimum Gasteiger partial charge on any atom is -0.454 e. The van der Waals surface area contributed by atoms with Crippen molar-refractivity contribution in [2.75, 3.05) is 23.0 Å². The molecule has 0 fully saturated rings. The van der Waals surface area contributed by atoms with E-state index < -0.39 is 15.9 Å². The van der Waals surface area contributed by atoms with Gasteiger partial charge in [0, 0.05) is 11.8 Å². The molecule has 0 aliphatic carbocycles. The van der Waals surface area contributed by atoms with Gasteiger partial charge < -0.3 is 14.8 Å². The molecule has 0 spiro atoms. The molecule has 0 saturated carbocycles. The number of carbonyl (C=O) groups excluding carboxylic acids is 1. The Morgan fingerprint density at radius 2 is 1.59 bits per heavy atom. The van der Waals surface area contributed by atoms with Gasteiger partial charge in [-0.3, -0.25) is 9.10 Å². The smallest absolute Gasteiger partial charge is 0.264 e. The molecule has 1 aliphatic rings. The van der Waals surface area contributed by atoms with Crippen molar-refractivity contribution in [3.8, 4) is 11.5 Å². The van der Waals surface area contributed by atoms with Crippen molar-refractivity contribution in [3.05, 3.63) is 77.4 Å². The number of fused-ring (bicyclic) bond motifs is 1. The number of amides is 1. The average molecular weight is 453 g/mol. The minimum absolute atomic E-state index is 0.125. The molecule has 1 heterocycles. The van der Waals surface area contributed by atoms with E-state index in [-0.39, 0.29) is 18.2 Å². The van der Waals surface area contributed by atoms with Gasteiger partial charge in [0.05, 0.1) is 10.6 Å². The van der Waals surface area contributed by atoms with Gasteiger partial charge in [0.25, 0.3) is 10.0 Å². The number of benzene rings is 3. The van der Waals surface area contributed by atoms with Crippen LogP contribution in [0.15, 0.2) is 65.6 Å². The molecule has 1 amide bonds. The minimum atomic E-state index is -3.98. The Balaban J connectivity index is 1.67. The van der Waals surface area contributed by atoms with Crippen molar-refractivity contribution in [1.29, 1.82) is 0 Å². The highest BCUT2D eigenvalue weighted by Gasteiger charge is 2.28. The Hall–Kier alpha value is -3.52. The third-order valence-electron chi connectivity index (χ3n) is 5.19. The molecule has 32 heavy (non-hydrogen) atoms. The van der Waals surface area contributed by atoms with E-state index in [1.54, 1.807) is 48.5 Å². The molecule has 0 bridgehead atoms. The molecule has 8 heteroatoms. The van der Waals surface area contributed by atoms with Crippen LogP contribution < -0.4 is 19.1 Å². The van der Waals surface area contributed by atoms with E-state index in [0.717, 1.165) is 21.0 Å². The lowest BCUT2D eigenvalue weighted by Gasteiger charge is -2.26. The number of sulfonamides is 1. The second kappa shape index (κ2) is 8.55. The Labute approximate surface area is 187 Å². The quantitative estimate of drug-likeness (QED) is 0.607.